The summed E-state index contributed by atoms with van der Waals surface area (Å²) in [6.45, 7) is 1.85. The summed E-state index contributed by atoms with van der Waals surface area (Å²) in [6.07, 6.45) is 9.61. The van der Waals surface area contributed by atoms with Crippen molar-refractivity contribution >= 4 is 33.5 Å². The minimum Gasteiger partial charge on any atom is -0.478 e. The molecule has 1 aliphatic carbocycles. The maximum absolute atomic E-state index is 11.8. The highest BCUT2D eigenvalue weighted by Gasteiger charge is 2.29. The number of nitrogens with zero attached hydrogens (tertiary/aromatic N) is 3. The number of para-hydroxylation sites is 1. The third kappa shape index (κ3) is 3.09. The van der Waals surface area contributed by atoms with Crippen LogP contribution in [0.5, 0.6) is 0 Å². The molecular formula is C28H31N3O2. The molecule has 6 rings (SSSR count). The number of aromatic carboxylic acids is 1. The Balaban J connectivity index is 1.72. The molecular weight excluding hydrogens is 410 g/mol. The minimum atomic E-state index is -0.857. The van der Waals surface area contributed by atoms with Gasteiger partial charge in [0.2, 0.25) is 0 Å². The van der Waals surface area contributed by atoms with Crippen LogP contribution < -0.4 is 4.90 Å². The van der Waals surface area contributed by atoms with E-state index in [1.165, 1.54) is 70.9 Å². The average molecular weight is 442 g/mol. The van der Waals surface area contributed by atoms with E-state index in [9.17, 15) is 9.90 Å². The Morgan fingerprint density at radius 3 is 2.58 bits per heavy atom. The van der Waals surface area contributed by atoms with Gasteiger partial charge in [0.05, 0.1) is 22.5 Å². The number of benzene rings is 2. The van der Waals surface area contributed by atoms with Crippen molar-refractivity contribution in [2.75, 3.05) is 19.0 Å². The fourth-order valence-corrected chi connectivity index (χ4v) is 6.30. The maximum atomic E-state index is 11.8. The molecule has 0 amide bonds. The van der Waals surface area contributed by atoms with Crippen LogP contribution in [0.25, 0.3) is 33.1 Å². The van der Waals surface area contributed by atoms with Crippen molar-refractivity contribution in [2.45, 2.75) is 57.5 Å². The van der Waals surface area contributed by atoms with Gasteiger partial charge in [-0.1, -0.05) is 43.5 Å². The zero-order valence-corrected chi connectivity index (χ0v) is 19.5. The van der Waals surface area contributed by atoms with Crippen LogP contribution in [0.1, 0.15) is 60.4 Å². The van der Waals surface area contributed by atoms with Gasteiger partial charge in [-0.25, -0.2) is 4.79 Å². The first-order valence-corrected chi connectivity index (χ1v) is 12.2. The standard InChI is InChI=1S/C28H31N3O2/c1-29(2)24-17-30-14-7-15-31-23-16-19(28(32)33)12-13-20(23)25(18-8-4-3-5-9-18)27(31)22-11-6-10-21(24)26(22)30/h6,10-13,16-18H,3-5,7-9,14-15H2,1-2H3,(H,32,33). The second-order valence-electron chi connectivity index (χ2n) is 9.94. The molecule has 4 aromatic rings. The molecule has 2 aliphatic rings. The predicted molar refractivity (Wildman–Crippen MR) is 135 cm³/mol. The number of rotatable bonds is 3. The van der Waals surface area contributed by atoms with Gasteiger partial charge < -0.3 is 19.1 Å². The van der Waals surface area contributed by atoms with Crippen molar-refractivity contribution < 1.29 is 9.90 Å². The quantitative estimate of drug-likeness (QED) is 0.396. The van der Waals surface area contributed by atoms with Crippen LogP contribution in [0.2, 0.25) is 0 Å². The molecule has 0 bridgehead atoms. The van der Waals surface area contributed by atoms with Crippen LogP contribution in [0.15, 0.2) is 42.6 Å². The monoisotopic (exact) mass is 441 g/mol. The van der Waals surface area contributed by atoms with E-state index in [-0.39, 0.29) is 0 Å². The molecule has 5 heteroatoms. The fourth-order valence-electron chi connectivity index (χ4n) is 6.30. The molecule has 0 radical (unpaired) electrons. The number of carboxylic acid groups (broad SMARTS) is 1. The van der Waals surface area contributed by atoms with E-state index in [1.807, 2.05) is 6.07 Å². The van der Waals surface area contributed by atoms with Crippen molar-refractivity contribution in [3.8, 4) is 11.3 Å². The molecule has 33 heavy (non-hydrogen) atoms. The van der Waals surface area contributed by atoms with Gasteiger partial charge >= 0.3 is 5.97 Å². The first kappa shape index (κ1) is 20.4. The number of fused-ring (bicyclic) bond motifs is 4. The summed E-state index contributed by atoms with van der Waals surface area (Å²) in [5, 5.41) is 12.2. The normalized spacial score (nSPS) is 16.5. The fraction of sp³-hybridized carbons (Fsp3) is 0.393. The summed E-state index contributed by atoms with van der Waals surface area (Å²) < 4.78 is 4.88. The number of aryl methyl sites for hydroxylation is 2. The smallest absolute Gasteiger partial charge is 0.335 e. The van der Waals surface area contributed by atoms with E-state index < -0.39 is 5.97 Å². The SMILES string of the molecule is CN(C)c1cn2c3c(cccc13)-c1c(C3CCCCC3)c3ccc(C(=O)O)cc3n1CCC2. The van der Waals surface area contributed by atoms with Crippen LogP contribution in [0, 0.1) is 0 Å². The number of hydrogen-bond donors (Lipinski definition) is 1. The average Bonchev–Trinajstić information content (AvgIpc) is 3.34. The lowest BCUT2D eigenvalue weighted by Crippen LogP contribution is -2.11. The molecule has 1 N–H and O–H groups in total. The molecule has 5 nitrogen and oxygen atoms in total. The lowest BCUT2D eigenvalue weighted by atomic mass is 9.81. The lowest BCUT2D eigenvalue weighted by molar-refractivity contribution is 0.0697. The van der Waals surface area contributed by atoms with E-state index in [0.717, 1.165) is 25.0 Å². The zero-order chi connectivity index (χ0) is 22.7. The number of carbonyl (C=O) groups is 1. The Morgan fingerprint density at radius 1 is 1.00 bits per heavy atom. The molecule has 2 aromatic carbocycles. The van der Waals surface area contributed by atoms with Crippen molar-refractivity contribution in [1.82, 2.24) is 9.13 Å². The molecule has 3 heterocycles. The van der Waals surface area contributed by atoms with Gasteiger partial charge in [0.15, 0.2) is 0 Å². The highest BCUT2D eigenvalue weighted by molar-refractivity contribution is 6.06. The third-order valence-corrected chi connectivity index (χ3v) is 7.76. The van der Waals surface area contributed by atoms with Crippen molar-refractivity contribution in [1.29, 1.82) is 0 Å². The van der Waals surface area contributed by atoms with E-state index in [0.29, 0.717) is 11.5 Å². The molecule has 1 fully saturated rings. The van der Waals surface area contributed by atoms with Crippen LogP contribution in [-0.2, 0) is 13.1 Å². The van der Waals surface area contributed by atoms with Crippen LogP contribution in [0.4, 0.5) is 5.69 Å². The number of hydrogen-bond acceptors (Lipinski definition) is 2. The van der Waals surface area contributed by atoms with E-state index in [2.05, 4.69) is 58.6 Å². The third-order valence-electron chi connectivity index (χ3n) is 7.76. The Labute approximate surface area is 194 Å². The first-order chi connectivity index (χ1) is 16.0. The minimum absolute atomic E-state index is 0.372. The van der Waals surface area contributed by atoms with Crippen LogP contribution >= 0.6 is 0 Å². The van der Waals surface area contributed by atoms with E-state index >= 15 is 0 Å². The van der Waals surface area contributed by atoms with E-state index in [1.54, 1.807) is 6.07 Å². The summed E-state index contributed by atoms with van der Waals surface area (Å²) in [6, 6.07) is 12.5. The van der Waals surface area contributed by atoms with Crippen molar-refractivity contribution in [3.63, 3.8) is 0 Å². The van der Waals surface area contributed by atoms with Crippen molar-refractivity contribution in [2.24, 2.45) is 0 Å². The number of carboxylic acids is 1. The van der Waals surface area contributed by atoms with Gasteiger partial charge in [0, 0.05) is 55.2 Å². The first-order valence-electron chi connectivity index (χ1n) is 12.2. The lowest BCUT2D eigenvalue weighted by Gasteiger charge is -2.25. The van der Waals surface area contributed by atoms with Crippen LogP contribution in [-0.4, -0.2) is 34.3 Å². The zero-order valence-electron chi connectivity index (χ0n) is 19.5. The Kier molecular flexibility index (Phi) is 4.75. The summed E-state index contributed by atoms with van der Waals surface area (Å²) in [7, 11) is 4.23. The largest absolute Gasteiger partial charge is 0.478 e. The highest BCUT2D eigenvalue weighted by Crippen LogP contribution is 2.47. The molecule has 0 spiro atoms. The number of aromatic nitrogens is 2. The Bertz CT molecular complexity index is 1390. The molecule has 170 valence electrons. The van der Waals surface area contributed by atoms with Crippen LogP contribution in [0.3, 0.4) is 0 Å². The van der Waals surface area contributed by atoms with Crippen molar-refractivity contribution in [3.05, 3.63) is 53.7 Å². The van der Waals surface area contributed by atoms with Gasteiger partial charge in [0.1, 0.15) is 0 Å². The summed E-state index contributed by atoms with van der Waals surface area (Å²) in [5.74, 6) is -0.330. The number of anilines is 1. The second kappa shape index (κ2) is 7.68. The molecule has 0 unspecified atom stereocenters. The molecule has 2 aromatic heterocycles. The Hall–Kier alpha value is -3.21. The summed E-state index contributed by atoms with van der Waals surface area (Å²) >= 11 is 0. The molecule has 1 aliphatic heterocycles. The van der Waals surface area contributed by atoms with Gasteiger partial charge in [-0.15, -0.1) is 0 Å². The van der Waals surface area contributed by atoms with Gasteiger partial charge in [-0.05, 0) is 42.9 Å². The topological polar surface area (TPSA) is 50.4 Å². The molecule has 1 saturated carbocycles. The molecule has 0 saturated heterocycles. The summed E-state index contributed by atoms with van der Waals surface area (Å²) in [5.41, 5.74) is 8.05. The highest BCUT2D eigenvalue weighted by atomic mass is 16.4. The van der Waals surface area contributed by atoms with Gasteiger partial charge in [-0.2, -0.15) is 0 Å². The predicted octanol–water partition coefficient (Wildman–Crippen LogP) is 6.48. The summed E-state index contributed by atoms with van der Waals surface area (Å²) in [4.78, 5) is 14.0. The Morgan fingerprint density at radius 2 is 1.82 bits per heavy atom. The molecule has 0 atom stereocenters. The van der Waals surface area contributed by atoms with E-state index in [4.69, 9.17) is 0 Å². The van der Waals surface area contributed by atoms with Gasteiger partial charge in [-0.3, -0.25) is 0 Å². The maximum Gasteiger partial charge on any atom is 0.335 e. The second-order valence-corrected chi connectivity index (χ2v) is 9.94. The van der Waals surface area contributed by atoms with Gasteiger partial charge in [0.25, 0.3) is 0 Å².